The fraction of sp³-hybridized carbons (Fsp3) is 0.588. The molecule has 0 aromatic heterocycles. The van der Waals surface area contributed by atoms with Crippen molar-refractivity contribution in [3.63, 3.8) is 0 Å². The Hall–Kier alpha value is -0.550. The second-order valence-corrected chi connectivity index (χ2v) is 5.18. The first-order valence-corrected chi connectivity index (χ1v) is 7.79. The molecule has 0 aliphatic heterocycles. The zero-order valence-corrected chi connectivity index (χ0v) is 16.2. The quantitative estimate of drug-likeness (QED) is 0.302. The van der Waals surface area contributed by atoms with E-state index in [0.29, 0.717) is 24.5 Å². The smallest absolute Gasteiger partial charge is 1.00 e. The van der Waals surface area contributed by atoms with Crippen LogP contribution in [0.4, 0.5) is 0 Å². The molecule has 22 heavy (non-hydrogen) atoms. The molecule has 0 aliphatic rings. The molecule has 5 heteroatoms. The summed E-state index contributed by atoms with van der Waals surface area (Å²) >= 11 is 0. The Bertz CT molecular complexity index is 444. The van der Waals surface area contributed by atoms with E-state index in [-0.39, 0.29) is 37.0 Å². The zero-order chi connectivity index (χ0) is 15.5. The van der Waals surface area contributed by atoms with Crippen molar-refractivity contribution in [2.75, 3.05) is 7.11 Å². The van der Waals surface area contributed by atoms with E-state index in [1.165, 1.54) is 25.7 Å². The Morgan fingerprint density at radius 1 is 1.14 bits per heavy atom. The Kier molecular flexibility index (Phi) is 12.6. The number of unbranched alkanes of at least 4 members (excludes halogenated alkanes) is 5. The molecular weight excluding hydrogens is 289 g/mol. The van der Waals surface area contributed by atoms with Gasteiger partial charge in [0.2, 0.25) is 0 Å². The minimum Gasteiger partial charge on any atom is -1.00 e. The molecule has 0 aliphatic carbocycles. The van der Waals surface area contributed by atoms with E-state index in [1.54, 1.807) is 19.2 Å². The molecule has 1 aromatic rings. The molecule has 0 heterocycles. The molecule has 0 atom stereocenters. The number of ether oxygens (including phenoxy) is 2. The van der Waals surface area contributed by atoms with Crippen molar-refractivity contribution < 1.29 is 45.3 Å². The maximum absolute atomic E-state index is 11.8. The average molecular weight is 317 g/mol. The van der Waals surface area contributed by atoms with Gasteiger partial charge in [-0.3, -0.25) is 4.79 Å². The van der Waals surface area contributed by atoms with E-state index in [4.69, 9.17) is 15.2 Å². The fourth-order valence-electron chi connectivity index (χ4n) is 2.15. The summed E-state index contributed by atoms with van der Waals surface area (Å²) in [6.45, 7) is 2.63. The maximum atomic E-state index is 11.8. The molecule has 1 rings (SSSR count). The van der Waals surface area contributed by atoms with Crippen LogP contribution in [-0.4, -0.2) is 13.1 Å². The van der Waals surface area contributed by atoms with Crippen LogP contribution in [-0.2, 0) is 11.3 Å². The number of benzene rings is 1. The van der Waals surface area contributed by atoms with Gasteiger partial charge in [0.05, 0.1) is 7.11 Å². The number of rotatable bonds is 10. The van der Waals surface area contributed by atoms with Gasteiger partial charge < -0.3 is 16.6 Å². The second kappa shape index (κ2) is 12.9. The number of hydrogen-bond acceptors (Lipinski definition) is 4. The van der Waals surface area contributed by atoms with Gasteiger partial charge in [0.15, 0.2) is 11.5 Å². The number of esters is 1. The molecule has 1 aromatic carbocycles. The van der Waals surface area contributed by atoms with E-state index in [2.05, 4.69) is 6.92 Å². The molecule has 0 bridgehead atoms. The summed E-state index contributed by atoms with van der Waals surface area (Å²) in [7, 11) is 1.56. The van der Waals surface area contributed by atoms with E-state index >= 15 is 0 Å². The third-order valence-corrected chi connectivity index (χ3v) is 3.42. The van der Waals surface area contributed by atoms with E-state index in [1.807, 2.05) is 6.07 Å². The normalized spacial score (nSPS) is 9.95. The molecule has 0 saturated heterocycles. The molecule has 0 saturated carbocycles. The summed E-state index contributed by atoms with van der Waals surface area (Å²) in [5, 5.41) is 0. The van der Waals surface area contributed by atoms with Crippen molar-refractivity contribution in [3.05, 3.63) is 23.8 Å². The monoisotopic (exact) mass is 317 g/mol. The molecule has 0 amide bonds. The van der Waals surface area contributed by atoms with Gasteiger partial charge in [0.25, 0.3) is 0 Å². The largest absolute Gasteiger partial charge is 1.00 e. The van der Waals surface area contributed by atoms with E-state index < -0.39 is 0 Å². The molecule has 0 spiro atoms. The van der Waals surface area contributed by atoms with Gasteiger partial charge in [-0.2, -0.15) is 0 Å². The summed E-state index contributed by atoms with van der Waals surface area (Å²) in [5.41, 5.74) is 6.52. The van der Waals surface area contributed by atoms with Gasteiger partial charge in [0.1, 0.15) is 0 Å². The summed E-state index contributed by atoms with van der Waals surface area (Å²) < 4.78 is 10.6. The minimum atomic E-state index is -0.204. The third-order valence-electron chi connectivity index (χ3n) is 3.42. The van der Waals surface area contributed by atoms with Crippen LogP contribution < -0.4 is 44.8 Å². The van der Waals surface area contributed by atoms with Crippen molar-refractivity contribution in [2.24, 2.45) is 5.73 Å². The summed E-state index contributed by atoms with van der Waals surface area (Å²) in [6, 6.07) is 5.38. The number of carbonyl (C=O) groups excluding carboxylic acids is 1. The Morgan fingerprint density at radius 2 is 1.82 bits per heavy atom. The van der Waals surface area contributed by atoms with Gasteiger partial charge in [-0.15, -0.1) is 0 Å². The van der Waals surface area contributed by atoms with Crippen LogP contribution in [0.25, 0.3) is 0 Å². The Labute approximate surface area is 157 Å². The van der Waals surface area contributed by atoms with Crippen molar-refractivity contribution >= 4 is 5.97 Å². The van der Waals surface area contributed by atoms with Gasteiger partial charge >= 0.3 is 35.5 Å². The number of hydrogen-bond donors (Lipinski definition) is 1. The average Bonchev–Trinajstić information content (AvgIpc) is 2.51. The van der Waals surface area contributed by atoms with Crippen LogP contribution in [0, 0.1) is 0 Å². The topological polar surface area (TPSA) is 61.5 Å². The number of carbonyl (C=O) groups is 1. The Balaban J connectivity index is 0. The van der Waals surface area contributed by atoms with Gasteiger partial charge in [0, 0.05) is 13.0 Å². The van der Waals surface area contributed by atoms with Crippen LogP contribution in [0.15, 0.2) is 18.2 Å². The molecule has 0 unspecified atom stereocenters. The molecule has 120 valence electrons. The van der Waals surface area contributed by atoms with Crippen LogP contribution >= 0.6 is 0 Å². The molecule has 0 fully saturated rings. The molecule has 2 N–H and O–H groups in total. The Morgan fingerprint density at radius 3 is 2.45 bits per heavy atom. The molecule has 0 radical (unpaired) electrons. The predicted molar refractivity (Wildman–Crippen MR) is 85.6 cm³/mol. The van der Waals surface area contributed by atoms with E-state index in [0.717, 1.165) is 18.4 Å². The second-order valence-electron chi connectivity index (χ2n) is 5.18. The van der Waals surface area contributed by atoms with Crippen molar-refractivity contribution in [2.45, 2.75) is 58.4 Å². The van der Waals surface area contributed by atoms with Crippen molar-refractivity contribution in [1.29, 1.82) is 0 Å². The summed E-state index contributed by atoms with van der Waals surface area (Å²) in [4.78, 5) is 11.8. The zero-order valence-electron chi connectivity index (χ0n) is 15.2. The number of methoxy groups -OCH3 is 1. The van der Waals surface area contributed by atoms with Gasteiger partial charge in [-0.25, -0.2) is 0 Å². The summed E-state index contributed by atoms with van der Waals surface area (Å²) in [6.07, 6.45) is 7.36. The minimum absolute atomic E-state index is 0. The first-order chi connectivity index (χ1) is 10.2. The van der Waals surface area contributed by atoms with Crippen LogP contribution in [0.2, 0.25) is 0 Å². The van der Waals surface area contributed by atoms with E-state index in [9.17, 15) is 4.79 Å². The standard InChI is InChI=1S/C17H27NO3.Na.H/c1-3-4-5-6-7-8-9-17(19)21-15-11-10-14(13-18)12-16(15)20-2;;/h10-12H,3-9,13,18H2,1-2H3;;/q;+1;-1. The molecular formula is C17H28NNaO3. The third kappa shape index (κ3) is 8.18. The van der Waals surface area contributed by atoms with Crippen LogP contribution in [0.1, 0.15) is 58.9 Å². The van der Waals surface area contributed by atoms with Gasteiger partial charge in [-0.1, -0.05) is 45.1 Å². The van der Waals surface area contributed by atoms with Gasteiger partial charge in [-0.05, 0) is 24.1 Å². The SMILES string of the molecule is CCCCCCCCC(=O)Oc1ccc(CN)cc1OC.[H-].[Na+]. The maximum Gasteiger partial charge on any atom is 1.00 e. The summed E-state index contributed by atoms with van der Waals surface area (Å²) in [5.74, 6) is 0.809. The van der Waals surface area contributed by atoms with Crippen molar-refractivity contribution in [1.82, 2.24) is 0 Å². The van der Waals surface area contributed by atoms with Crippen molar-refractivity contribution in [3.8, 4) is 11.5 Å². The fourth-order valence-corrected chi connectivity index (χ4v) is 2.15. The van der Waals surface area contributed by atoms with Crippen LogP contribution in [0.3, 0.4) is 0 Å². The number of nitrogens with two attached hydrogens (primary N) is 1. The molecule has 4 nitrogen and oxygen atoms in total. The van der Waals surface area contributed by atoms with Crippen LogP contribution in [0.5, 0.6) is 11.5 Å². The first kappa shape index (κ1) is 21.4. The predicted octanol–water partition coefficient (Wildman–Crippen LogP) is 0.926. The first-order valence-electron chi connectivity index (χ1n) is 7.79.